The predicted molar refractivity (Wildman–Crippen MR) is 78.8 cm³/mol. The predicted octanol–water partition coefficient (Wildman–Crippen LogP) is 3.56. The molecule has 0 bridgehead atoms. The lowest BCUT2D eigenvalue weighted by Crippen LogP contribution is -2.20. The summed E-state index contributed by atoms with van der Waals surface area (Å²) in [6.07, 6.45) is 2.48. The maximum absolute atomic E-state index is 4.97. The first-order valence-corrected chi connectivity index (χ1v) is 7.69. The normalized spacial score (nSPS) is 10.7. The van der Waals surface area contributed by atoms with E-state index in [0.29, 0.717) is 0 Å². The third-order valence-electron chi connectivity index (χ3n) is 2.31. The lowest BCUT2D eigenvalue weighted by Gasteiger charge is -2.04. The van der Waals surface area contributed by atoms with E-state index in [1.54, 1.807) is 7.11 Å². The van der Waals surface area contributed by atoms with Gasteiger partial charge in [0.25, 0.3) is 0 Å². The van der Waals surface area contributed by atoms with Crippen LogP contribution in [0.2, 0.25) is 0 Å². The quantitative estimate of drug-likeness (QED) is 0.556. The van der Waals surface area contributed by atoms with E-state index in [0.717, 1.165) is 24.2 Å². The fraction of sp³-hybridized carbons (Fsp3) is 0.538. The average molecular weight is 318 g/mol. The summed E-state index contributed by atoms with van der Waals surface area (Å²) in [4.78, 5) is 1.35. The van der Waals surface area contributed by atoms with Crippen LogP contribution < -0.4 is 5.32 Å². The molecule has 0 unspecified atom stereocenters. The number of hydrogen-bond donors (Lipinski definition) is 1. The Balaban J connectivity index is 1.95. The molecule has 1 rings (SSSR count). The first kappa shape index (κ1) is 15.0. The van der Waals surface area contributed by atoms with Crippen LogP contribution in [0.25, 0.3) is 0 Å². The van der Waals surface area contributed by atoms with E-state index in [-0.39, 0.29) is 0 Å². The number of rotatable bonds is 9. The van der Waals surface area contributed by atoms with E-state index in [1.807, 2.05) is 11.8 Å². The molecule has 0 heterocycles. The van der Waals surface area contributed by atoms with Crippen molar-refractivity contribution in [2.45, 2.75) is 17.7 Å². The van der Waals surface area contributed by atoms with Crippen molar-refractivity contribution in [2.24, 2.45) is 0 Å². The molecule has 4 heteroatoms. The molecule has 0 atom stereocenters. The molecule has 0 amide bonds. The molecule has 0 fully saturated rings. The Labute approximate surface area is 117 Å². The van der Waals surface area contributed by atoms with E-state index >= 15 is 0 Å². The summed E-state index contributed by atoms with van der Waals surface area (Å²) in [5, 5.41) is 3.35. The summed E-state index contributed by atoms with van der Waals surface area (Å²) in [5.41, 5.74) is 0. The standard InChI is InChI=1S/C13H20BrNOS/c1-16-10-9-15-8-2-3-11-17-13-6-4-12(14)5-7-13/h4-7,15H,2-3,8-11H2,1H3. The zero-order valence-electron chi connectivity index (χ0n) is 10.2. The van der Waals surface area contributed by atoms with Crippen LogP contribution in [0.3, 0.4) is 0 Å². The van der Waals surface area contributed by atoms with Crippen LogP contribution in [0.5, 0.6) is 0 Å². The molecule has 0 aliphatic heterocycles. The molecule has 0 aliphatic carbocycles. The molecule has 1 N–H and O–H groups in total. The van der Waals surface area contributed by atoms with Crippen LogP contribution >= 0.6 is 27.7 Å². The summed E-state index contributed by atoms with van der Waals surface area (Å²) < 4.78 is 6.11. The van der Waals surface area contributed by atoms with Crippen molar-refractivity contribution in [1.82, 2.24) is 5.32 Å². The van der Waals surface area contributed by atoms with Gasteiger partial charge in [0, 0.05) is 23.0 Å². The number of hydrogen-bond acceptors (Lipinski definition) is 3. The van der Waals surface area contributed by atoms with Crippen molar-refractivity contribution < 1.29 is 4.74 Å². The highest BCUT2D eigenvalue weighted by Gasteiger charge is 1.94. The SMILES string of the molecule is COCCNCCCCSc1ccc(Br)cc1. The monoisotopic (exact) mass is 317 g/mol. The van der Waals surface area contributed by atoms with Crippen LogP contribution in [0.1, 0.15) is 12.8 Å². The lowest BCUT2D eigenvalue weighted by molar-refractivity contribution is 0.199. The van der Waals surface area contributed by atoms with Gasteiger partial charge in [0.05, 0.1) is 6.61 Å². The summed E-state index contributed by atoms with van der Waals surface area (Å²) in [5.74, 6) is 1.19. The summed E-state index contributed by atoms with van der Waals surface area (Å²) >= 11 is 5.36. The fourth-order valence-corrected chi connectivity index (χ4v) is 2.55. The molecule has 0 aromatic heterocycles. The molecule has 1 aromatic rings. The molecular formula is C13H20BrNOS. The molecule has 96 valence electrons. The van der Waals surface area contributed by atoms with Gasteiger partial charge in [-0.1, -0.05) is 15.9 Å². The van der Waals surface area contributed by atoms with Gasteiger partial charge in [-0.3, -0.25) is 0 Å². The summed E-state index contributed by atoms with van der Waals surface area (Å²) in [7, 11) is 1.73. The Morgan fingerprint density at radius 3 is 2.65 bits per heavy atom. The number of thioether (sulfide) groups is 1. The number of halogens is 1. The van der Waals surface area contributed by atoms with Gasteiger partial charge in [-0.25, -0.2) is 0 Å². The molecule has 17 heavy (non-hydrogen) atoms. The topological polar surface area (TPSA) is 21.3 Å². The maximum atomic E-state index is 4.97. The molecule has 0 saturated carbocycles. The van der Waals surface area contributed by atoms with Gasteiger partial charge in [-0.2, -0.15) is 0 Å². The fourth-order valence-electron chi connectivity index (χ4n) is 1.37. The van der Waals surface area contributed by atoms with E-state index in [9.17, 15) is 0 Å². The minimum Gasteiger partial charge on any atom is -0.383 e. The maximum Gasteiger partial charge on any atom is 0.0587 e. The van der Waals surface area contributed by atoms with Crippen LogP contribution in [0, 0.1) is 0 Å². The van der Waals surface area contributed by atoms with Gasteiger partial charge in [0.1, 0.15) is 0 Å². The average Bonchev–Trinajstić information content (AvgIpc) is 2.35. The number of unbranched alkanes of at least 4 members (excludes halogenated alkanes) is 1. The first-order chi connectivity index (χ1) is 8.33. The Morgan fingerprint density at radius 2 is 1.94 bits per heavy atom. The molecule has 0 radical (unpaired) electrons. The van der Waals surface area contributed by atoms with Gasteiger partial charge in [-0.05, 0) is 49.4 Å². The van der Waals surface area contributed by atoms with Crippen molar-refractivity contribution in [3.8, 4) is 0 Å². The van der Waals surface area contributed by atoms with Gasteiger partial charge >= 0.3 is 0 Å². The number of methoxy groups -OCH3 is 1. The van der Waals surface area contributed by atoms with E-state index in [1.165, 1.54) is 23.5 Å². The van der Waals surface area contributed by atoms with Crippen LogP contribution in [0.15, 0.2) is 33.6 Å². The van der Waals surface area contributed by atoms with E-state index < -0.39 is 0 Å². The highest BCUT2D eigenvalue weighted by atomic mass is 79.9. The third-order valence-corrected chi connectivity index (χ3v) is 3.94. The van der Waals surface area contributed by atoms with Crippen molar-refractivity contribution in [3.05, 3.63) is 28.7 Å². The molecule has 0 spiro atoms. The van der Waals surface area contributed by atoms with Gasteiger partial charge in [0.15, 0.2) is 0 Å². The van der Waals surface area contributed by atoms with Crippen LogP contribution in [0.4, 0.5) is 0 Å². The van der Waals surface area contributed by atoms with Gasteiger partial charge in [-0.15, -0.1) is 11.8 Å². The second-order valence-corrected chi connectivity index (χ2v) is 5.84. The lowest BCUT2D eigenvalue weighted by atomic mass is 10.3. The van der Waals surface area contributed by atoms with E-state index in [2.05, 4.69) is 45.5 Å². The van der Waals surface area contributed by atoms with Crippen molar-refractivity contribution in [1.29, 1.82) is 0 Å². The zero-order valence-corrected chi connectivity index (χ0v) is 12.6. The van der Waals surface area contributed by atoms with Gasteiger partial charge < -0.3 is 10.1 Å². The smallest absolute Gasteiger partial charge is 0.0587 e. The van der Waals surface area contributed by atoms with Gasteiger partial charge in [0.2, 0.25) is 0 Å². The first-order valence-electron chi connectivity index (χ1n) is 5.91. The Morgan fingerprint density at radius 1 is 1.18 bits per heavy atom. The number of ether oxygens (including phenoxy) is 1. The summed E-state index contributed by atoms with van der Waals surface area (Å²) in [6, 6.07) is 8.50. The highest BCUT2D eigenvalue weighted by molar-refractivity contribution is 9.10. The van der Waals surface area contributed by atoms with Crippen molar-refractivity contribution in [3.63, 3.8) is 0 Å². The second kappa shape index (κ2) is 9.95. The van der Waals surface area contributed by atoms with Crippen LogP contribution in [-0.4, -0.2) is 32.6 Å². The number of benzene rings is 1. The Kier molecular flexibility index (Phi) is 8.79. The van der Waals surface area contributed by atoms with Crippen molar-refractivity contribution in [2.75, 3.05) is 32.6 Å². The Bertz CT molecular complexity index is 292. The largest absolute Gasteiger partial charge is 0.383 e. The minimum absolute atomic E-state index is 0.799. The third kappa shape index (κ3) is 7.82. The van der Waals surface area contributed by atoms with Crippen molar-refractivity contribution >= 4 is 27.7 Å². The minimum atomic E-state index is 0.799. The van der Waals surface area contributed by atoms with Crippen LogP contribution in [-0.2, 0) is 4.74 Å². The molecule has 0 aliphatic rings. The summed E-state index contributed by atoms with van der Waals surface area (Å²) in [6.45, 7) is 2.84. The Hall–Kier alpha value is -0.0300. The second-order valence-electron chi connectivity index (χ2n) is 3.75. The highest BCUT2D eigenvalue weighted by Crippen LogP contribution is 2.21. The molecule has 0 saturated heterocycles. The molecular weight excluding hydrogens is 298 g/mol. The molecule has 2 nitrogen and oxygen atoms in total. The number of nitrogens with one attached hydrogen (secondary N) is 1. The molecule has 1 aromatic carbocycles. The van der Waals surface area contributed by atoms with E-state index in [4.69, 9.17) is 4.74 Å². The zero-order chi connectivity index (χ0) is 12.3.